The van der Waals surface area contributed by atoms with E-state index in [1.807, 2.05) is 0 Å². The van der Waals surface area contributed by atoms with E-state index in [1.165, 1.54) is 30.1 Å². The van der Waals surface area contributed by atoms with Crippen molar-refractivity contribution in [1.29, 1.82) is 0 Å². The Morgan fingerprint density at radius 2 is 1.95 bits per heavy atom. The van der Waals surface area contributed by atoms with Crippen molar-refractivity contribution in [3.8, 4) is 11.5 Å². The van der Waals surface area contributed by atoms with Gasteiger partial charge in [0.25, 0.3) is 5.91 Å². The molecule has 0 aliphatic carbocycles. The van der Waals surface area contributed by atoms with Crippen LogP contribution in [0.2, 0.25) is 0 Å². The van der Waals surface area contributed by atoms with Gasteiger partial charge in [-0.15, -0.1) is 0 Å². The van der Waals surface area contributed by atoms with Crippen LogP contribution in [0.15, 0.2) is 18.2 Å². The van der Waals surface area contributed by atoms with Crippen molar-refractivity contribution in [3.05, 3.63) is 23.8 Å². The number of aromatic hydroxyl groups is 2. The highest BCUT2D eigenvalue weighted by atomic mass is 16.3. The first-order chi connectivity index (χ1) is 9.99. The first-order valence-corrected chi connectivity index (χ1v) is 6.75. The van der Waals surface area contributed by atoms with Gasteiger partial charge >= 0.3 is 0 Å². The maximum absolute atomic E-state index is 12.2. The van der Waals surface area contributed by atoms with Crippen LogP contribution in [0.3, 0.4) is 0 Å². The van der Waals surface area contributed by atoms with E-state index in [1.54, 1.807) is 4.90 Å². The standard InChI is InChI=1S/C14H19N3O4/c1-16(9-13(20)17-6-4-15-5-7-17)14(21)11-8-10(18)2-3-12(11)19/h2-3,8,15,18-19H,4-7,9H2,1H3. The number of phenolic OH excluding ortho intramolecular Hbond substituents is 2. The second-order valence-corrected chi connectivity index (χ2v) is 4.99. The second-order valence-electron chi connectivity index (χ2n) is 4.99. The van der Waals surface area contributed by atoms with Crippen molar-refractivity contribution in [2.75, 3.05) is 39.8 Å². The van der Waals surface area contributed by atoms with Gasteiger partial charge < -0.3 is 25.3 Å². The zero-order chi connectivity index (χ0) is 15.4. The molecule has 7 heteroatoms. The molecule has 0 bridgehead atoms. The summed E-state index contributed by atoms with van der Waals surface area (Å²) in [6.45, 7) is 2.68. The molecule has 0 radical (unpaired) electrons. The first kappa shape index (κ1) is 15.1. The van der Waals surface area contributed by atoms with E-state index >= 15 is 0 Å². The van der Waals surface area contributed by atoms with Gasteiger partial charge in [0.15, 0.2) is 0 Å². The molecule has 1 aromatic carbocycles. The van der Waals surface area contributed by atoms with Crippen molar-refractivity contribution in [1.82, 2.24) is 15.1 Å². The van der Waals surface area contributed by atoms with Gasteiger partial charge in [0, 0.05) is 33.2 Å². The van der Waals surface area contributed by atoms with Gasteiger partial charge in [-0.3, -0.25) is 9.59 Å². The zero-order valence-corrected chi connectivity index (χ0v) is 11.9. The largest absolute Gasteiger partial charge is 0.508 e. The summed E-state index contributed by atoms with van der Waals surface area (Å²) in [5.74, 6) is -0.976. The van der Waals surface area contributed by atoms with Crippen LogP contribution in [0.4, 0.5) is 0 Å². The Bertz CT molecular complexity index is 541. The van der Waals surface area contributed by atoms with E-state index in [2.05, 4.69) is 5.32 Å². The molecule has 7 nitrogen and oxygen atoms in total. The Kier molecular flexibility index (Phi) is 4.64. The number of nitrogens with zero attached hydrogens (tertiary/aromatic N) is 2. The predicted molar refractivity (Wildman–Crippen MR) is 76.2 cm³/mol. The third-order valence-electron chi connectivity index (χ3n) is 3.40. The molecule has 2 rings (SSSR count). The number of hydrogen-bond donors (Lipinski definition) is 3. The zero-order valence-electron chi connectivity index (χ0n) is 11.9. The molecule has 0 atom stereocenters. The highest BCUT2D eigenvalue weighted by Gasteiger charge is 2.22. The fourth-order valence-electron chi connectivity index (χ4n) is 2.19. The minimum Gasteiger partial charge on any atom is -0.508 e. The lowest BCUT2D eigenvalue weighted by atomic mass is 10.1. The van der Waals surface area contributed by atoms with Gasteiger partial charge in [-0.1, -0.05) is 0 Å². The Morgan fingerprint density at radius 3 is 2.62 bits per heavy atom. The normalized spacial score (nSPS) is 14.8. The number of likely N-dealkylation sites (N-methyl/N-ethyl adjacent to an activating group) is 1. The molecule has 1 saturated heterocycles. The fourth-order valence-corrected chi connectivity index (χ4v) is 2.19. The van der Waals surface area contributed by atoms with Crippen LogP contribution >= 0.6 is 0 Å². The second kappa shape index (κ2) is 6.45. The predicted octanol–water partition coefficient (Wildman–Crippen LogP) is -0.398. The van der Waals surface area contributed by atoms with Crippen LogP contribution in [0, 0.1) is 0 Å². The summed E-state index contributed by atoms with van der Waals surface area (Å²) < 4.78 is 0. The third-order valence-corrected chi connectivity index (χ3v) is 3.40. The highest BCUT2D eigenvalue weighted by Crippen LogP contribution is 2.23. The van der Waals surface area contributed by atoms with Crippen molar-refractivity contribution in [2.24, 2.45) is 0 Å². The van der Waals surface area contributed by atoms with Crippen LogP contribution in [-0.4, -0.2) is 71.6 Å². The number of carbonyl (C=O) groups excluding carboxylic acids is 2. The van der Waals surface area contributed by atoms with E-state index in [-0.39, 0.29) is 29.5 Å². The monoisotopic (exact) mass is 293 g/mol. The van der Waals surface area contributed by atoms with Crippen molar-refractivity contribution >= 4 is 11.8 Å². The van der Waals surface area contributed by atoms with E-state index in [0.717, 1.165) is 13.1 Å². The molecule has 1 aliphatic heterocycles. The minimum atomic E-state index is -0.508. The fraction of sp³-hybridized carbons (Fsp3) is 0.429. The molecule has 1 aliphatic rings. The van der Waals surface area contributed by atoms with E-state index in [9.17, 15) is 19.8 Å². The van der Waals surface area contributed by atoms with E-state index < -0.39 is 5.91 Å². The summed E-state index contributed by atoms with van der Waals surface area (Å²) in [7, 11) is 1.49. The Labute approximate surface area is 122 Å². The SMILES string of the molecule is CN(CC(=O)N1CCNCC1)C(=O)c1cc(O)ccc1O. The average molecular weight is 293 g/mol. The summed E-state index contributed by atoms with van der Waals surface area (Å²) in [5, 5.41) is 22.2. The average Bonchev–Trinajstić information content (AvgIpc) is 2.49. The molecule has 1 aromatic rings. The summed E-state index contributed by atoms with van der Waals surface area (Å²) in [6.07, 6.45) is 0. The quantitative estimate of drug-likeness (QED) is 0.660. The van der Waals surface area contributed by atoms with Crippen LogP contribution in [-0.2, 0) is 4.79 Å². The topological polar surface area (TPSA) is 93.1 Å². The molecule has 0 unspecified atom stereocenters. The molecule has 114 valence electrons. The maximum Gasteiger partial charge on any atom is 0.257 e. The number of carbonyl (C=O) groups is 2. The maximum atomic E-state index is 12.2. The molecular formula is C14H19N3O4. The lowest BCUT2D eigenvalue weighted by molar-refractivity contribution is -0.132. The molecule has 0 aromatic heterocycles. The third kappa shape index (κ3) is 3.63. The molecule has 0 saturated carbocycles. The Morgan fingerprint density at radius 1 is 1.29 bits per heavy atom. The smallest absolute Gasteiger partial charge is 0.257 e. The number of piperazine rings is 1. The van der Waals surface area contributed by atoms with Crippen LogP contribution in [0.1, 0.15) is 10.4 Å². The number of amides is 2. The number of hydrogen-bond acceptors (Lipinski definition) is 5. The first-order valence-electron chi connectivity index (χ1n) is 6.75. The Hall–Kier alpha value is -2.28. The van der Waals surface area contributed by atoms with Crippen LogP contribution in [0.5, 0.6) is 11.5 Å². The molecular weight excluding hydrogens is 274 g/mol. The number of rotatable bonds is 3. The van der Waals surface area contributed by atoms with Crippen molar-refractivity contribution in [3.63, 3.8) is 0 Å². The molecule has 1 heterocycles. The summed E-state index contributed by atoms with van der Waals surface area (Å²) in [6, 6.07) is 3.72. The van der Waals surface area contributed by atoms with Crippen LogP contribution in [0.25, 0.3) is 0 Å². The minimum absolute atomic E-state index is 0.0226. The van der Waals surface area contributed by atoms with Gasteiger partial charge in [-0.2, -0.15) is 0 Å². The molecule has 3 N–H and O–H groups in total. The van der Waals surface area contributed by atoms with Gasteiger partial charge in [0.2, 0.25) is 5.91 Å². The van der Waals surface area contributed by atoms with Crippen molar-refractivity contribution < 1.29 is 19.8 Å². The van der Waals surface area contributed by atoms with E-state index in [0.29, 0.717) is 13.1 Å². The molecule has 2 amide bonds. The van der Waals surface area contributed by atoms with Crippen LogP contribution < -0.4 is 5.32 Å². The lowest BCUT2D eigenvalue weighted by Crippen LogP contribution is -2.49. The highest BCUT2D eigenvalue weighted by molar-refractivity contribution is 5.98. The number of phenols is 2. The molecule has 0 spiro atoms. The number of benzene rings is 1. The van der Waals surface area contributed by atoms with Gasteiger partial charge in [0.05, 0.1) is 12.1 Å². The van der Waals surface area contributed by atoms with E-state index in [4.69, 9.17) is 0 Å². The summed E-state index contributed by atoms with van der Waals surface area (Å²) in [5.41, 5.74) is -0.0226. The van der Waals surface area contributed by atoms with Gasteiger partial charge in [-0.25, -0.2) is 0 Å². The lowest BCUT2D eigenvalue weighted by Gasteiger charge is -2.29. The Balaban J connectivity index is 2.02. The summed E-state index contributed by atoms with van der Waals surface area (Å²) in [4.78, 5) is 27.2. The van der Waals surface area contributed by atoms with Crippen molar-refractivity contribution in [2.45, 2.75) is 0 Å². The molecule has 1 fully saturated rings. The summed E-state index contributed by atoms with van der Waals surface area (Å²) >= 11 is 0. The van der Waals surface area contributed by atoms with Gasteiger partial charge in [0.1, 0.15) is 11.5 Å². The molecule has 21 heavy (non-hydrogen) atoms. The van der Waals surface area contributed by atoms with Gasteiger partial charge in [-0.05, 0) is 18.2 Å². The number of nitrogens with one attached hydrogen (secondary N) is 1.